The molecule has 1 aromatic carbocycles. The van der Waals surface area contributed by atoms with Crippen molar-refractivity contribution in [2.45, 2.75) is 19.1 Å². The Morgan fingerprint density at radius 3 is 2.83 bits per heavy atom. The van der Waals surface area contributed by atoms with E-state index in [-0.39, 0.29) is 11.2 Å². The molecule has 18 heavy (non-hydrogen) atoms. The summed E-state index contributed by atoms with van der Waals surface area (Å²) in [5.74, 6) is -0.248. The molecule has 1 aliphatic heterocycles. The van der Waals surface area contributed by atoms with Crippen LogP contribution in [0.15, 0.2) is 40.3 Å². The van der Waals surface area contributed by atoms with Crippen molar-refractivity contribution >= 4 is 34.3 Å². The van der Waals surface area contributed by atoms with E-state index >= 15 is 0 Å². The molecule has 1 aliphatic rings. The van der Waals surface area contributed by atoms with Crippen molar-refractivity contribution in [3.8, 4) is 0 Å². The van der Waals surface area contributed by atoms with Gasteiger partial charge < -0.3 is 4.74 Å². The van der Waals surface area contributed by atoms with E-state index in [2.05, 4.69) is 9.98 Å². The maximum atomic E-state index is 11.7. The molecule has 94 valence electrons. The summed E-state index contributed by atoms with van der Waals surface area (Å²) in [6, 6.07) is 9.56. The fraction of sp³-hybridized carbons (Fsp3) is 0.308. The van der Waals surface area contributed by atoms with E-state index in [1.54, 1.807) is 6.92 Å². The molecule has 1 unspecified atom stereocenters. The minimum atomic E-state index is -0.354. The van der Waals surface area contributed by atoms with E-state index in [0.29, 0.717) is 11.8 Å². The van der Waals surface area contributed by atoms with Gasteiger partial charge in [0.25, 0.3) is 0 Å². The average molecular weight is 262 g/mol. The minimum absolute atomic E-state index is 0.248. The first-order valence-corrected chi connectivity index (χ1v) is 6.61. The van der Waals surface area contributed by atoms with Crippen LogP contribution in [-0.4, -0.2) is 28.7 Å². The average Bonchev–Trinajstić information content (AvgIpc) is 2.72. The lowest BCUT2D eigenvalue weighted by atomic mass is 10.3. The third-order valence-electron chi connectivity index (χ3n) is 2.36. The van der Waals surface area contributed by atoms with Crippen LogP contribution in [0.5, 0.6) is 0 Å². The van der Waals surface area contributed by atoms with Gasteiger partial charge in [0.1, 0.15) is 5.25 Å². The first-order valence-electron chi connectivity index (χ1n) is 5.73. The zero-order chi connectivity index (χ0) is 13.0. The summed E-state index contributed by atoms with van der Waals surface area (Å²) in [6.45, 7) is 4.00. The quantitative estimate of drug-likeness (QED) is 0.787. The van der Waals surface area contributed by atoms with Gasteiger partial charge in [0.15, 0.2) is 5.17 Å². The Morgan fingerprint density at radius 1 is 1.44 bits per heavy atom. The summed E-state index contributed by atoms with van der Waals surface area (Å²) in [4.78, 5) is 20.4. The molecule has 0 saturated heterocycles. The molecule has 2 rings (SSSR count). The minimum Gasteiger partial charge on any atom is -0.465 e. The number of carbonyl (C=O) groups excluding carboxylic acids is 1. The van der Waals surface area contributed by atoms with Crippen LogP contribution >= 0.6 is 11.8 Å². The number of rotatable bonds is 3. The molecule has 1 aromatic rings. The van der Waals surface area contributed by atoms with Gasteiger partial charge in [-0.05, 0) is 26.0 Å². The van der Waals surface area contributed by atoms with Gasteiger partial charge in [-0.15, -0.1) is 0 Å². The van der Waals surface area contributed by atoms with Crippen LogP contribution in [0.25, 0.3) is 0 Å². The number of benzene rings is 1. The van der Waals surface area contributed by atoms with Crippen molar-refractivity contribution < 1.29 is 9.53 Å². The highest BCUT2D eigenvalue weighted by Crippen LogP contribution is 2.27. The molecule has 0 aromatic heterocycles. The van der Waals surface area contributed by atoms with Crippen molar-refractivity contribution in [1.82, 2.24) is 0 Å². The van der Waals surface area contributed by atoms with Crippen molar-refractivity contribution in [1.29, 1.82) is 0 Å². The second-order valence-corrected chi connectivity index (χ2v) is 4.81. The Balaban J connectivity index is 2.12. The van der Waals surface area contributed by atoms with Crippen LogP contribution < -0.4 is 0 Å². The Morgan fingerprint density at radius 2 is 2.17 bits per heavy atom. The molecular weight excluding hydrogens is 248 g/mol. The lowest BCUT2D eigenvalue weighted by Gasteiger charge is -2.06. The number of ether oxygens (including phenoxy) is 1. The molecule has 0 bridgehead atoms. The highest BCUT2D eigenvalue weighted by atomic mass is 32.2. The van der Waals surface area contributed by atoms with Gasteiger partial charge >= 0.3 is 5.97 Å². The summed E-state index contributed by atoms with van der Waals surface area (Å²) < 4.78 is 5.00. The van der Waals surface area contributed by atoms with E-state index in [0.717, 1.165) is 11.4 Å². The summed E-state index contributed by atoms with van der Waals surface area (Å²) in [6.07, 6.45) is 0. The summed E-state index contributed by atoms with van der Waals surface area (Å²) in [5, 5.41) is 0.254. The van der Waals surface area contributed by atoms with Gasteiger partial charge in [-0.3, -0.25) is 4.79 Å². The Bertz CT molecular complexity index is 497. The molecular formula is C13H14N2O2S. The first-order chi connectivity index (χ1) is 8.70. The fourth-order valence-electron chi connectivity index (χ4n) is 1.53. The molecule has 5 heteroatoms. The van der Waals surface area contributed by atoms with Gasteiger partial charge in [-0.2, -0.15) is 0 Å². The van der Waals surface area contributed by atoms with Crippen molar-refractivity contribution in [2.24, 2.45) is 9.98 Å². The van der Waals surface area contributed by atoms with Crippen LogP contribution in [0.2, 0.25) is 0 Å². The monoisotopic (exact) mass is 262 g/mol. The number of thioether (sulfide) groups is 1. The van der Waals surface area contributed by atoms with Crippen LogP contribution in [0.3, 0.4) is 0 Å². The lowest BCUT2D eigenvalue weighted by molar-refractivity contribution is -0.141. The summed E-state index contributed by atoms with van der Waals surface area (Å²) >= 11 is 1.33. The van der Waals surface area contributed by atoms with E-state index in [1.165, 1.54) is 11.8 Å². The normalized spacial score (nSPS) is 20.9. The number of nitrogens with zero attached hydrogens (tertiary/aromatic N) is 2. The molecule has 0 N–H and O–H groups in total. The predicted octanol–water partition coefficient (Wildman–Crippen LogP) is 2.81. The molecule has 0 spiro atoms. The predicted molar refractivity (Wildman–Crippen MR) is 74.7 cm³/mol. The van der Waals surface area contributed by atoms with E-state index in [9.17, 15) is 4.79 Å². The Kier molecular flexibility index (Phi) is 4.15. The number of carbonyl (C=O) groups is 1. The summed E-state index contributed by atoms with van der Waals surface area (Å²) in [5.41, 5.74) is 1.58. The Labute approximate surface area is 110 Å². The molecule has 1 atom stereocenters. The van der Waals surface area contributed by atoms with Crippen LogP contribution in [0.1, 0.15) is 13.8 Å². The van der Waals surface area contributed by atoms with Gasteiger partial charge in [0.05, 0.1) is 12.3 Å². The van der Waals surface area contributed by atoms with E-state index < -0.39 is 0 Å². The van der Waals surface area contributed by atoms with Crippen molar-refractivity contribution in [3.05, 3.63) is 30.3 Å². The standard InChI is InChI=1S/C13H14N2O2S/c1-3-17-12(16)11-9(2)14-13(18-11)15-10-7-5-4-6-8-10/h4-8,11H,3H2,1-2H3. The van der Waals surface area contributed by atoms with E-state index in [1.807, 2.05) is 37.3 Å². The smallest absolute Gasteiger partial charge is 0.325 e. The number of amidine groups is 1. The number of para-hydroxylation sites is 1. The topological polar surface area (TPSA) is 51.0 Å². The molecule has 4 nitrogen and oxygen atoms in total. The molecule has 0 saturated carbocycles. The third-order valence-corrected chi connectivity index (χ3v) is 3.52. The summed E-state index contributed by atoms with van der Waals surface area (Å²) in [7, 11) is 0. The zero-order valence-corrected chi connectivity index (χ0v) is 11.1. The molecule has 0 radical (unpaired) electrons. The number of aliphatic imine (C=N–C) groups is 2. The first kappa shape index (κ1) is 12.8. The van der Waals surface area contributed by atoms with Gasteiger partial charge in [0, 0.05) is 5.71 Å². The Hall–Kier alpha value is -1.62. The molecule has 0 aliphatic carbocycles. The third kappa shape index (κ3) is 2.98. The molecule has 0 amide bonds. The van der Waals surface area contributed by atoms with Crippen molar-refractivity contribution in [3.63, 3.8) is 0 Å². The van der Waals surface area contributed by atoms with Crippen molar-refractivity contribution in [2.75, 3.05) is 6.61 Å². The van der Waals surface area contributed by atoms with Gasteiger partial charge in [-0.25, -0.2) is 9.98 Å². The SMILES string of the molecule is CCOC(=O)C1SC(=Nc2ccccc2)N=C1C. The van der Waals surface area contributed by atoms with Gasteiger partial charge in [-0.1, -0.05) is 30.0 Å². The number of esters is 1. The zero-order valence-electron chi connectivity index (χ0n) is 10.3. The molecule has 1 heterocycles. The molecule has 0 fully saturated rings. The van der Waals surface area contributed by atoms with E-state index in [4.69, 9.17) is 4.74 Å². The highest BCUT2D eigenvalue weighted by molar-refractivity contribution is 8.16. The lowest BCUT2D eigenvalue weighted by Crippen LogP contribution is -2.24. The second kappa shape index (κ2) is 5.82. The maximum Gasteiger partial charge on any atom is 0.325 e. The number of hydrogen-bond acceptors (Lipinski definition) is 4. The van der Waals surface area contributed by atoms with Crippen LogP contribution in [-0.2, 0) is 9.53 Å². The second-order valence-electron chi connectivity index (χ2n) is 3.73. The van der Waals surface area contributed by atoms with Crippen LogP contribution in [0.4, 0.5) is 5.69 Å². The van der Waals surface area contributed by atoms with Gasteiger partial charge in [0.2, 0.25) is 0 Å². The largest absolute Gasteiger partial charge is 0.465 e. The number of hydrogen-bond donors (Lipinski definition) is 0. The highest BCUT2D eigenvalue weighted by Gasteiger charge is 2.31. The fourth-order valence-corrected chi connectivity index (χ4v) is 2.48. The maximum absolute atomic E-state index is 11.7. The van der Waals surface area contributed by atoms with Crippen LogP contribution in [0, 0.1) is 0 Å².